The van der Waals surface area contributed by atoms with Crippen molar-refractivity contribution in [3.8, 4) is 11.4 Å². The third-order valence-electron chi connectivity index (χ3n) is 8.33. The molecule has 1 aromatic carbocycles. The van der Waals surface area contributed by atoms with Crippen LogP contribution >= 0.6 is 0 Å². The Balaban J connectivity index is 1.33. The van der Waals surface area contributed by atoms with Crippen LogP contribution in [0.1, 0.15) is 48.3 Å². The van der Waals surface area contributed by atoms with Crippen LogP contribution in [-0.4, -0.2) is 55.1 Å². The van der Waals surface area contributed by atoms with E-state index in [2.05, 4.69) is 53.1 Å². The van der Waals surface area contributed by atoms with E-state index in [4.69, 9.17) is 10.7 Å². The molecule has 2 aliphatic heterocycles. The monoisotopic (exact) mass is 455 g/mol. The van der Waals surface area contributed by atoms with Gasteiger partial charge in [0.1, 0.15) is 5.69 Å². The molecular formula is C26H29N7O. The first-order chi connectivity index (χ1) is 16.5. The fraction of sp³-hybridized carbons (Fsp3) is 0.423. The van der Waals surface area contributed by atoms with Crippen LogP contribution in [0.2, 0.25) is 0 Å². The lowest BCUT2D eigenvalue weighted by Gasteiger charge is -2.28. The quantitative estimate of drug-likeness (QED) is 0.492. The predicted octanol–water partition coefficient (Wildman–Crippen LogP) is 3.60. The van der Waals surface area contributed by atoms with Gasteiger partial charge in [0.05, 0.1) is 40.4 Å². The molecule has 3 aliphatic rings. The number of rotatable bonds is 3. The molecule has 0 radical (unpaired) electrons. The summed E-state index contributed by atoms with van der Waals surface area (Å²) < 4.78 is 4.28. The number of hydrogen-bond acceptors (Lipinski definition) is 5. The van der Waals surface area contributed by atoms with E-state index in [1.807, 2.05) is 15.5 Å². The lowest BCUT2D eigenvalue weighted by Crippen LogP contribution is -2.41. The van der Waals surface area contributed by atoms with Gasteiger partial charge in [0.25, 0.3) is 5.91 Å². The zero-order valence-corrected chi connectivity index (χ0v) is 19.5. The summed E-state index contributed by atoms with van der Waals surface area (Å²) in [5.41, 5.74) is 13.0. The van der Waals surface area contributed by atoms with Gasteiger partial charge in [-0.2, -0.15) is 5.10 Å². The Bertz CT molecular complexity index is 1470. The molecule has 8 nitrogen and oxygen atoms in total. The van der Waals surface area contributed by atoms with Gasteiger partial charge in [-0.15, -0.1) is 0 Å². The van der Waals surface area contributed by atoms with E-state index >= 15 is 0 Å². The van der Waals surface area contributed by atoms with Crippen molar-refractivity contribution < 1.29 is 4.79 Å². The number of nitrogens with one attached hydrogen (secondary N) is 1. The van der Waals surface area contributed by atoms with Crippen LogP contribution in [0.3, 0.4) is 0 Å². The van der Waals surface area contributed by atoms with Gasteiger partial charge in [-0.1, -0.05) is 19.1 Å². The second kappa shape index (κ2) is 7.06. The second-order valence-corrected chi connectivity index (χ2v) is 10.1. The minimum Gasteiger partial charge on any atom is -0.381 e. The Morgan fingerprint density at radius 1 is 1.26 bits per heavy atom. The maximum absolute atomic E-state index is 13.3. The van der Waals surface area contributed by atoms with Gasteiger partial charge in [0, 0.05) is 30.6 Å². The SMILES string of the molecule is CCC1CNc2cccc3cc(-c4nc5cc(C(=O)N6C[C@H]7CC[C@@H]6[C@@H]7N)cnn5c4C)n1c23. The first-order valence-electron chi connectivity index (χ1n) is 12.3. The van der Waals surface area contributed by atoms with Gasteiger partial charge in [0.2, 0.25) is 0 Å². The van der Waals surface area contributed by atoms with Crippen LogP contribution in [-0.2, 0) is 0 Å². The number of carbonyl (C=O) groups excluding carboxylic acids is 1. The number of imidazole rings is 1. The number of piperidine rings is 1. The molecule has 1 saturated carbocycles. The second-order valence-electron chi connectivity index (χ2n) is 10.1. The maximum Gasteiger partial charge on any atom is 0.255 e. The first kappa shape index (κ1) is 20.0. The van der Waals surface area contributed by atoms with Crippen molar-refractivity contribution in [2.45, 2.75) is 51.2 Å². The Kier molecular flexibility index (Phi) is 4.16. The maximum atomic E-state index is 13.3. The van der Waals surface area contributed by atoms with E-state index in [-0.39, 0.29) is 18.0 Å². The highest BCUT2D eigenvalue weighted by molar-refractivity contribution is 5.97. The number of aromatic nitrogens is 4. The van der Waals surface area contributed by atoms with Gasteiger partial charge in [-0.3, -0.25) is 4.79 Å². The van der Waals surface area contributed by atoms with E-state index in [0.29, 0.717) is 23.2 Å². The topological polar surface area (TPSA) is 93.5 Å². The predicted molar refractivity (Wildman–Crippen MR) is 132 cm³/mol. The summed E-state index contributed by atoms with van der Waals surface area (Å²) in [6, 6.07) is 11.1. The number of benzene rings is 1. The molecule has 1 amide bonds. The van der Waals surface area contributed by atoms with E-state index in [0.717, 1.165) is 49.4 Å². The largest absolute Gasteiger partial charge is 0.381 e. The summed E-state index contributed by atoms with van der Waals surface area (Å²) in [4.78, 5) is 20.3. The lowest BCUT2D eigenvalue weighted by atomic mass is 10.1. The highest BCUT2D eigenvalue weighted by atomic mass is 16.2. The average Bonchev–Trinajstić information content (AvgIpc) is 3.60. The van der Waals surface area contributed by atoms with Crippen LogP contribution < -0.4 is 11.1 Å². The molecule has 4 aromatic rings. The third kappa shape index (κ3) is 2.60. The number of nitrogens with two attached hydrogens (primary N) is 1. The number of amides is 1. The van der Waals surface area contributed by atoms with E-state index < -0.39 is 0 Å². The summed E-state index contributed by atoms with van der Waals surface area (Å²) in [6.07, 6.45) is 4.84. The summed E-state index contributed by atoms with van der Waals surface area (Å²) in [7, 11) is 0. The number of anilines is 1. The Morgan fingerprint density at radius 3 is 2.91 bits per heavy atom. The lowest BCUT2D eigenvalue weighted by molar-refractivity contribution is 0.0700. The van der Waals surface area contributed by atoms with Gasteiger partial charge >= 0.3 is 0 Å². The molecule has 4 atom stereocenters. The van der Waals surface area contributed by atoms with Crippen LogP contribution in [0.15, 0.2) is 36.5 Å². The first-order valence-corrected chi connectivity index (χ1v) is 12.3. The molecule has 2 fully saturated rings. The fourth-order valence-corrected chi connectivity index (χ4v) is 6.49. The molecule has 174 valence electrons. The van der Waals surface area contributed by atoms with Crippen molar-refractivity contribution >= 4 is 28.1 Å². The van der Waals surface area contributed by atoms with E-state index in [9.17, 15) is 4.79 Å². The number of nitrogens with zero attached hydrogens (tertiary/aromatic N) is 5. The van der Waals surface area contributed by atoms with Gasteiger partial charge in [-0.05, 0) is 50.3 Å². The molecular weight excluding hydrogens is 426 g/mol. The smallest absolute Gasteiger partial charge is 0.255 e. The molecule has 3 N–H and O–H groups in total. The Labute approximate surface area is 197 Å². The molecule has 0 spiro atoms. The van der Waals surface area contributed by atoms with E-state index in [1.54, 1.807) is 6.20 Å². The summed E-state index contributed by atoms with van der Waals surface area (Å²) in [6.45, 7) is 5.93. The number of hydrogen-bond donors (Lipinski definition) is 2. The normalized spacial score (nSPS) is 25.4. The minimum atomic E-state index is 0.0186. The van der Waals surface area contributed by atoms with Crippen LogP contribution in [0, 0.1) is 12.8 Å². The van der Waals surface area contributed by atoms with Crippen molar-refractivity contribution in [1.82, 2.24) is 24.1 Å². The van der Waals surface area contributed by atoms with Crippen LogP contribution in [0.4, 0.5) is 5.69 Å². The molecule has 34 heavy (non-hydrogen) atoms. The number of aryl methyl sites for hydroxylation is 1. The van der Waals surface area contributed by atoms with Crippen molar-refractivity contribution in [3.63, 3.8) is 0 Å². The van der Waals surface area contributed by atoms with Gasteiger partial charge in [-0.25, -0.2) is 9.50 Å². The zero-order valence-electron chi connectivity index (χ0n) is 19.5. The summed E-state index contributed by atoms with van der Waals surface area (Å²) in [5, 5.41) is 9.43. The molecule has 8 heteroatoms. The number of fused-ring (bicyclic) bond motifs is 3. The van der Waals surface area contributed by atoms with Crippen molar-refractivity contribution in [2.24, 2.45) is 11.7 Å². The van der Waals surface area contributed by atoms with E-state index in [1.165, 1.54) is 16.6 Å². The van der Waals surface area contributed by atoms with Crippen molar-refractivity contribution in [1.29, 1.82) is 0 Å². The van der Waals surface area contributed by atoms with Crippen LogP contribution in [0.25, 0.3) is 27.9 Å². The molecule has 1 aliphatic carbocycles. The Morgan fingerprint density at radius 2 is 2.15 bits per heavy atom. The average molecular weight is 456 g/mol. The molecule has 3 aromatic heterocycles. The molecule has 1 unspecified atom stereocenters. The molecule has 1 saturated heterocycles. The molecule has 2 bridgehead atoms. The number of likely N-dealkylation sites (tertiary alicyclic amines) is 1. The van der Waals surface area contributed by atoms with Crippen LogP contribution in [0.5, 0.6) is 0 Å². The Hall–Kier alpha value is -3.39. The third-order valence-corrected chi connectivity index (χ3v) is 8.33. The minimum absolute atomic E-state index is 0.0186. The molecule has 5 heterocycles. The van der Waals surface area contributed by atoms with Crippen molar-refractivity contribution in [2.75, 3.05) is 18.4 Å². The number of para-hydroxylation sites is 1. The zero-order chi connectivity index (χ0) is 23.1. The van der Waals surface area contributed by atoms with Gasteiger partial charge < -0.3 is 20.5 Å². The highest BCUT2D eigenvalue weighted by Crippen LogP contribution is 2.40. The standard InChI is InChI=1S/C26H29N7O/c1-3-18-12-28-19-6-4-5-15-9-21(32(18)25(15)19)24-14(2)33-22(30-24)10-17(11-29-33)26(34)31-13-16-7-8-20(31)23(16)27/h4-6,9-11,16,18,20,23,28H,3,7-8,12-13,27H2,1-2H3/t16-,18?,20-,23-/m1/s1. The number of carbonyl (C=O) groups is 1. The van der Waals surface area contributed by atoms with Crippen molar-refractivity contribution in [3.05, 3.63) is 47.8 Å². The molecule has 7 rings (SSSR count). The highest BCUT2D eigenvalue weighted by Gasteiger charge is 2.47. The summed E-state index contributed by atoms with van der Waals surface area (Å²) in [5.74, 6) is 0.447. The fourth-order valence-electron chi connectivity index (χ4n) is 6.49. The van der Waals surface area contributed by atoms with Gasteiger partial charge in [0.15, 0.2) is 5.65 Å². The summed E-state index contributed by atoms with van der Waals surface area (Å²) >= 11 is 0.